The lowest BCUT2D eigenvalue weighted by Crippen LogP contribution is -2.57. The summed E-state index contributed by atoms with van der Waals surface area (Å²) in [5, 5.41) is 13.4. The fourth-order valence-corrected chi connectivity index (χ4v) is 5.01. The minimum Gasteiger partial charge on any atom is -0.478 e. The van der Waals surface area contributed by atoms with Gasteiger partial charge in [-0.15, -0.1) is 11.8 Å². The van der Waals surface area contributed by atoms with Crippen LogP contribution >= 0.6 is 11.8 Å². The number of aromatic carboxylic acids is 1. The molecule has 3 atom stereocenters. The summed E-state index contributed by atoms with van der Waals surface area (Å²) < 4.78 is 5.90. The number of carboxylic acid groups (broad SMARTS) is 1. The second-order valence-electron chi connectivity index (χ2n) is 7.43. The highest BCUT2D eigenvalue weighted by Gasteiger charge is 2.42. The van der Waals surface area contributed by atoms with Gasteiger partial charge in [-0.05, 0) is 50.5 Å². The molecule has 28 heavy (non-hydrogen) atoms. The van der Waals surface area contributed by atoms with E-state index in [-0.39, 0.29) is 6.10 Å². The number of benzene rings is 1. The zero-order valence-corrected chi connectivity index (χ0v) is 16.8. The van der Waals surface area contributed by atoms with Crippen molar-refractivity contribution in [2.45, 2.75) is 60.9 Å². The van der Waals surface area contributed by atoms with Gasteiger partial charge >= 0.3 is 5.97 Å². The molecule has 2 aliphatic carbocycles. The maximum atomic E-state index is 11.4. The SMILES string of the molecule is CCO[C@@H]1CC(NCc2ccc(C(=O)O)c(C3CC3)n2)[C@H]1Sc1ccccc1. The summed E-state index contributed by atoms with van der Waals surface area (Å²) >= 11 is 1.86. The van der Waals surface area contributed by atoms with Crippen LogP contribution in [0.1, 0.15) is 53.8 Å². The first-order valence-electron chi connectivity index (χ1n) is 9.95. The number of thioether (sulfide) groups is 1. The Kier molecular flexibility index (Phi) is 5.99. The summed E-state index contributed by atoms with van der Waals surface area (Å²) in [6, 6.07) is 14.3. The number of hydrogen-bond acceptors (Lipinski definition) is 5. The fourth-order valence-electron chi connectivity index (χ4n) is 3.67. The van der Waals surface area contributed by atoms with E-state index in [0.29, 0.717) is 29.3 Å². The van der Waals surface area contributed by atoms with Gasteiger partial charge in [-0.3, -0.25) is 4.98 Å². The highest BCUT2D eigenvalue weighted by atomic mass is 32.2. The monoisotopic (exact) mass is 398 g/mol. The van der Waals surface area contributed by atoms with E-state index < -0.39 is 5.97 Å². The van der Waals surface area contributed by atoms with Gasteiger partial charge in [-0.1, -0.05) is 18.2 Å². The smallest absolute Gasteiger partial charge is 0.337 e. The molecule has 148 valence electrons. The molecule has 1 unspecified atom stereocenters. The largest absolute Gasteiger partial charge is 0.478 e. The topological polar surface area (TPSA) is 71.5 Å². The van der Waals surface area contributed by atoms with Crippen LogP contribution in [-0.2, 0) is 11.3 Å². The molecule has 0 saturated heterocycles. The zero-order valence-electron chi connectivity index (χ0n) is 16.0. The van der Waals surface area contributed by atoms with Gasteiger partial charge in [-0.25, -0.2) is 4.79 Å². The Hall–Kier alpha value is -1.89. The third-order valence-electron chi connectivity index (χ3n) is 5.37. The van der Waals surface area contributed by atoms with E-state index in [0.717, 1.165) is 37.3 Å². The number of carbonyl (C=O) groups is 1. The number of rotatable bonds is 9. The Morgan fingerprint density at radius 2 is 2.04 bits per heavy atom. The van der Waals surface area contributed by atoms with Gasteiger partial charge in [0.15, 0.2) is 0 Å². The summed E-state index contributed by atoms with van der Waals surface area (Å²) in [7, 11) is 0. The number of carboxylic acids is 1. The van der Waals surface area contributed by atoms with Crippen LogP contribution in [0, 0.1) is 0 Å². The Labute approximate surface area is 169 Å². The number of pyridine rings is 1. The number of nitrogens with one attached hydrogen (secondary N) is 1. The van der Waals surface area contributed by atoms with Crippen LogP contribution in [0.4, 0.5) is 0 Å². The molecular formula is C22H26N2O3S. The first-order chi connectivity index (χ1) is 13.7. The van der Waals surface area contributed by atoms with Gasteiger partial charge in [0.25, 0.3) is 0 Å². The van der Waals surface area contributed by atoms with Crippen molar-refractivity contribution in [1.82, 2.24) is 10.3 Å². The van der Waals surface area contributed by atoms with Crippen LogP contribution in [0.25, 0.3) is 0 Å². The van der Waals surface area contributed by atoms with Gasteiger partial charge in [0.1, 0.15) is 0 Å². The molecule has 0 bridgehead atoms. The van der Waals surface area contributed by atoms with Gasteiger partial charge in [0.2, 0.25) is 0 Å². The second kappa shape index (κ2) is 8.64. The summed E-state index contributed by atoms with van der Waals surface area (Å²) in [6.07, 6.45) is 3.33. The van der Waals surface area contributed by atoms with E-state index in [2.05, 4.69) is 34.6 Å². The molecule has 2 N–H and O–H groups in total. The van der Waals surface area contributed by atoms with Crippen LogP contribution in [0.5, 0.6) is 0 Å². The first-order valence-corrected chi connectivity index (χ1v) is 10.8. The number of ether oxygens (including phenoxy) is 1. The summed E-state index contributed by atoms with van der Waals surface area (Å²) in [6.45, 7) is 3.42. The van der Waals surface area contributed by atoms with Crippen LogP contribution in [0.3, 0.4) is 0 Å². The quantitative estimate of drug-likeness (QED) is 0.663. The van der Waals surface area contributed by atoms with Crippen molar-refractivity contribution in [2.24, 2.45) is 0 Å². The first kappa shape index (κ1) is 19.4. The van der Waals surface area contributed by atoms with E-state index in [1.807, 2.05) is 30.8 Å². The molecule has 2 aromatic rings. The second-order valence-corrected chi connectivity index (χ2v) is 8.68. The van der Waals surface area contributed by atoms with Crippen molar-refractivity contribution in [3.63, 3.8) is 0 Å². The molecule has 4 rings (SSSR count). The maximum absolute atomic E-state index is 11.4. The van der Waals surface area contributed by atoms with E-state index >= 15 is 0 Å². The van der Waals surface area contributed by atoms with Crippen molar-refractivity contribution >= 4 is 17.7 Å². The third kappa shape index (κ3) is 4.40. The molecular weight excluding hydrogens is 372 g/mol. The summed E-state index contributed by atoms with van der Waals surface area (Å²) in [5.74, 6) is -0.565. The van der Waals surface area contributed by atoms with E-state index in [4.69, 9.17) is 4.74 Å². The molecule has 1 aromatic heterocycles. The van der Waals surface area contributed by atoms with Crippen molar-refractivity contribution in [3.05, 3.63) is 59.4 Å². The summed E-state index contributed by atoms with van der Waals surface area (Å²) in [5.41, 5.74) is 2.02. The Morgan fingerprint density at radius 3 is 2.71 bits per heavy atom. The lowest BCUT2D eigenvalue weighted by atomic mass is 9.88. The normalized spacial score (nSPS) is 24.0. The standard InChI is InChI=1S/C22H26N2O3S/c1-2-27-19-12-18(21(19)28-16-6-4-3-5-7-16)23-13-15-10-11-17(22(25)26)20(24-15)14-8-9-14/h3-7,10-11,14,18-19,21,23H,2,8-9,12-13H2,1H3,(H,25,26)/t18?,19-,21-/m1/s1. The molecule has 0 radical (unpaired) electrons. The van der Waals surface area contributed by atoms with Crippen LogP contribution in [-0.4, -0.2) is 40.1 Å². The lowest BCUT2D eigenvalue weighted by molar-refractivity contribution is -0.00349. The average molecular weight is 399 g/mol. The molecule has 5 nitrogen and oxygen atoms in total. The van der Waals surface area contributed by atoms with Crippen molar-refractivity contribution < 1.29 is 14.6 Å². The molecule has 2 aliphatic rings. The number of hydrogen-bond donors (Lipinski definition) is 2. The van der Waals surface area contributed by atoms with Crippen molar-refractivity contribution in [2.75, 3.05) is 6.61 Å². The minimum absolute atomic E-state index is 0.261. The maximum Gasteiger partial charge on any atom is 0.337 e. The Balaban J connectivity index is 1.40. The molecule has 1 aromatic carbocycles. The third-order valence-corrected chi connectivity index (χ3v) is 6.82. The predicted molar refractivity (Wildman–Crippen MR) is 110 cm³/mol. The Bertz CT molecular complexity index is 826. The molecule has 2 fully saturated rings. The van der Waals surface area contributed by atoms with Gasteiger partial charge in [0.05, 0.1) is 28.3 Å². The molecule has 0 aliphatic heterocycles. The average Bonchev–Trinajstić information content (AvgIpc) is 3.54. The van der Waals surface area contributed by atoms with E-state index in [1.54, 1.807) is 6.07 Å². The fraction of sp³-hybridized carbons (Fsp3) is 0.455. The van der Waals surface area contributed by atoms with Gasteiger partial charge < -0.3 is 15.2 Å². The molecule has 6 heteroatoms. The van der Waals surface area contributed by atoms with Crippen LogP contribution in [0.15, 0.2) is 47.4 Å². The van der Waals surface area contributed by atoms with E-state index in [1.165, 1.54) is 4.90 Å². The predicted octanol–water partition coefficient (Wildman–Crippen LogP) is 4.09. The highest BCUT2D eigenvalue weighted by molar-refractivity contribution is 8.00. The number of aromatic nitrogens is 1. The Morgan fingerprint density at radius 1 is 1.25 bits per heavy atom. The molecule has 1 heterocycles. The van der Waals surface area contributed by atoms with Crippen molar-refractivity contribution in [3.8, 4) is 0 Å². The molecule has 2 saturated carbocycles. The van der Waals surface area contributed by atoms with Crippen LogP contribution < -0.4 is 5.32 Å². The lowest BCUT2D eigenvalue weighted by Gasteiger charge is -2.44. The zero-order chi connectivity index (χ0) is 19.5. The van der Waals surface area contributed by atoms with Crippen LogP contribution in [0.2, 0.25) is 0 Å². The van der Waals surface area contributed by atoms with Crippen molar-refractivity contribution in [1.29, 1.82) is 0 Å². The minimum atomic E-state index is -0.883. The molecule has 0 spiro atoms. The van der Waals surface area contributed by atoms with E-state index in [9.17, 15) is 9.90 Å². The number of nitrogens with zero attached hydrogens (tertiary/aromatic N) is 1. The molecule has 0 amide bonds. The summed E-state index contributed by atoms with van der Waals surface area (Å²) in [4.78, 5) is 17.4. The highest BCUT2D eigenvalue weighted by Crippen LogP contribution is 2.41. The van der Waals surface area contributed by atoms with Gasteiger partial charge in [-0.2, -0.15) is 0 Å². The van der Waals surface area contributed by atoms with Gasteiger partial charge in [0, 0.05) is 30.0 Å².